The van der Waals surface area contributed by atoms with E-state index in [1.165, 1.54) is 44.9 Å². The molecule has 0 bridgehead atoms. The summed E-state index contributed by atoms with van der Waals surface area (Å²) < 4.78 is 13.0. The van der Waals surface area contributed by atoms with E-state index in [1.807, 2.05) is 0 Å². The number of aliphatic carboxylic acids is 1. The van der Waals surface area contributed by atoms with Gasteiger partial charge in [-0.2, -0.15) is 0 Å². The van der Waals surface area contributed by atoms with Gasteiger partial charge in [0.2, 0.25) is 0 Å². The van der Waals surface area contributed by atoms with Crippen molar-refractivity contribution >= 4 is 5.97 Å². The zero-order chi connectivity index (χ0) is 23.0. The van der Waals surface area contributed by atoms with E-state index in [-0.39, 0.29) is 23.4 Å². The summed E-state index contributed by atoms with van der Waals surface area (Å²) in [6.45, 7) is 15.1. The lowest BCUT2D eigenvalue weighted by molar-refractivity contribution is -0.167. The van der Waals surface area contributed by atoms with E-state index < -0.39 is 5.97 Å². The molecule has 1 N–H and O–H groups in total. The number of carboxylic acid groups (broad SMARTS) is 1. The van der Waals surface area contributed by atoms with Crippen LogP contribution < -0.4 is 0 Å². The van der Waals surface area contributed by atoms with E-state index in [0.29, 0.717) is 6.42 Å². The number of carboxylic acids is 1. The first-order valence-corrected chi connectivity index (χ1v) is 12.5. The second-order valence-electron chi connectivity index (χ2n) is 10.8. The van der Waals surface area contributed by atoms with Crippen LogP contribution in [0, 0.1) is 0 Å². The summed E-state index contributed by atoms with van der Waals surface area (Å²) in [5.41, 5.74) is -0.331. The Morgan fingerprint density at radius 1 is 0.667 bits per heavy atom. The molecule has 0 aliphatic heterocycles. The van der Waals surface area contributed by atoms with Crippen LogP contribution in [-0.2, 0) is 14.3 Å². The molecule has 0 aromatic carbocycles. The highest BCUT2D eigenvalue weighted by atomic mass is 16.6. The minimum atomic E-state index is -0.679. The highest BCUT2D eigenvalue weighted by Gasteiger charge is 2.30. The third-order valence-corrected chi connectivity index (χ3v) is 5.15. The Kier molecular flexibility index (Phi) is 15.8. The summed E-state index contributed by atoms with van der Waals surface area (Å²) in [5, 5.41) is 8.69. The monoisotopic (exact) mass is 428 g/mol. The predicted molar refractivity (Wildman–Crippen MR) is 127 cm³/mol. The third-order valence-electron chi connectivity index (χ3n) is 5.15. The second kappa shape index (κ2) is 16.1. The van der Waals surface area contributed by atoms with Gasteiger partial charge in [0.15, 0.2) is 0 Å². The average molecular weight is 429 g/mol. The summed E-state index contributed by atoms with van der Waals surface area (Å²) in [7, 11) is 0. The van der Waals surface area contributed by atoms with Gasteiger partial charge in [0.25, 0.3) is 0 Å². The lowest BCUT2D eigenvalue weighted by atomic mass is 9.97. The molecule has 2 atom stereocenters. The maximum Gasteiger partial charge on any atom is 0.303 e. The molecule has 2 unspecified atom stereocenters. The van der Waals surface area contributed by atoms with E-state index in [0.717, 1.165) is 38.5 Å². The Bertz CT molecular complexity index is 420. The van der Waals surface area contributed by atoms with Crippen LogP contribution in [-0.4, -0.2) is 34.5 Å². The van der Waals surface area contributed by atoms with Gasteiger partial charge in [-0.15, -0.1) is 0 Å². The number of hydrogen-bond donors (Lipinski definition) is 1. The van der Waals surface area contributed by atoms with E-state index in [4.69, 9.17) is 14.6 Å². The Balaban J connectivity index is 4.54. The molecule has 0 heterocycles. The van der Waals surface area contributed by atoms with Gasteiger partial charge in [0.1, 0.15) is 0 Å². The second-order valence-corrected chi connectivity index (χ2v) is 10.8. The summed E-state index contributed by atoms with van der Waals surface area (Å²) in [6, 6.07) is 0. The quantitative estimate of drug-likeness (QED) is 0.225. The zero-order valence-electron chi connectivity index (χ0n) is 21.2. The molecule has 0 radical (unpaired) electrons. The normalized spacial score (nSPS) is 14.6. The first-order valence-electron chi connectivity index (χ1n) is 12.5. The molecule has 4 nitrogen and oxygen atoms in total. The van der Waals surface area contributed by atoms with Gasteiger partial charge in [0, 0.05) is 6.42 Å². The van der Waals surface area contributed by atoms with Crippen molar-refractivity contribution in [2.24, 2.45) is 0 Å². The van der Waals surface area contributed by atoms with Gasteiger partial charge in [-0.1, -0.05) is 71.1 Å². The van der Waals surface area contributed by atoms with Gasteiger partial charge in [-0.25, -0.2) is 0 Å². The first kappa shape index (κ1) is 29.4. The molecule has 180 valence electrons. The number of rotatable bonds is 18. The van der Waals surface area contributed by atoms with Crippen molar-refractivity contribution in [3.05, 3.63) is 0 Å². The average Bonchev–Trinajstić information content (AvgIpc) is 2.59. The summed E-state index contributed by atoms with van der Waals surface area (Å²) in [4.78, 5) is 10.6. The van der Waals surface area contributed by atoms with Crippen molar-refractivity contribution < 1.29 is 19.4 Å². The highest BCUT2D eigenvalue weighted by molar-refractivity contribution is 5.66. The molecule has 0 saturated heterocycles. The largest absolute Gasteiger partial charge is 0.481 e. The maximum atomic E-state index is 10.6. The molecule has 0 rings (SSSR count). The summed E-state index contributed by atoms with van der Waals surface area (Å²) in [6.07, 6.45) is 15.5. The predicted octanol–water partition coefficient (Wildman–Crippen LogP) is 7.92. The third kappa shape index (κ3) is 19.4. The van der Waals surface area contributed by atoms with Crippen molar-refractivity contribution in [2.75, 3.05) is 0 Å². The molecule has 30 heavy (non-hydrogen) atoms. The Morgan fingerprint density at radius 3 is 1.40 bits per heavy atom. The highest BCUT2D eigenvalue weighted by Crippen LogP contribution is 2.27. The summed E-state index contributed by atoms with van der Waals surface area (Å²) >= 11 is 0. The van der Waals surface area contributed by atoms with E-state index >= 15 is 0 Å². The first-order chi connectivity index (χ1) is 13.9. The molecule has 0 aliphatic rings. The maximum absolute atomic E-state index is 10.6. The van der Waals surface area contributed by atoms with E-state index in [9.17, 15) is 4.79 Å². The van der Waals surface area contributed by atoms with Crippen LogP contribution in [0.15, 0.2) is 0 Å². The fourth-order valence-electron chi connectivity index (χ4n) is 3.83. The van der Waals surface area contributed by atoms with Gasteiger partial charge in [-0.3, -0.25) is 4.79 Å². The number of ether oxygens (including phenoxy) is 2. The minimum Gasteiger partial charge on any atom is -0.481 e. The topological polar surface area (TPSA) is 55.8 Å². The van der Waals surface area contributed by atoms with Gasteiger partial charge >= 0.3 is 5.97 Å². The van der Waals surface area contributed by atoms with E-state index in [2.05, 4.69) is 48.5 Å². The van der Waals surface area contributed by atoms with Crippen LogP contribution >= 0.6 is 0 Å². The molecular weight excluding hydrogens is 376 g/mol. The van der Waals surface area contributed by atoms with Crippen molar-refractivity contribution in [3.8, 4) is 0 Å². The van der Waals surface area contributed by atoms with Crippen LogP contribution in [0.2, 0.25) is 0 Å². The molecule has 0 saturated carbocycles. The van der Waals surface area contributed by atoms with Crippen LogP contribution in [0.25, 0.3) is 0 Å². The Hall–Kier alpha value is -0.610. The SMILES string of the molecule is CCCCCCC(OC(C)(C)C)C(CCCCCCCCCC(=O)O)OC(C)(C)C. The zero-order valence-corrected chi connectivity index (χ0v) is 21.2. The van der Waals surface area contributed by atoms with Gasteiger partial charge < -0.3 is 14.6 Å². The molecule has 0 aromatic rings. The molecule has 4 heteroatoms. The lowest BCUT2D eigenvalue weighted by Gasteiger charge is -2.37. The molecule has 0 aromatic heterocycles. The molecule has 0 fully saturated rings. The number of unbranched alkanes of at least 4 members (excludes halogenated alkanes) is 9. The van der Waals surface area contributed by atoms with Crippen LogP contribution in [0.3, 0.4) is 0 Å². The van der Waals surface area contributed by atoms with Crippen LogP contribution in [0.5, 0.6) is 0 Å². The van der Waals surface area contributed by atoms with Gasteiger partial charge in [0.05, 0.1) is 23.4 Å². The smallest absolute Gasteiger partial charge is 0.303 e. The van der Waals surface area contributed by atoms with Crippen LogP contribution in [0.4, 0.5) is 0 Å². The number of carbonyl (C=O) groups is 1. The molecule has 0 spiro atoms. The van der Waals surface area contributed by atoms with Crippen molar-refractivity contribution in [1.29, 1.82) is 0 Å². The molecular formula is C26H52O4. The minimum absolute atomic E-state index is 0.140. The number of hydrogen-bond acceptors (Lipinski definition) is 3. The Labute approximate surface area is 187 Å². The lowest BCUT2D eigenvalue weighted by Crippen LogP contribution is -2.41. The Morgan fingerprint density at radius 2 is 1.03 bits per heavy atom. The van der Waals surface area contributed by atoms with Gasteiger partial charge in [-0.05, 0) is 60.8 Å². The van der Waals surface area contributed by atoms with E-state index in [1.54, 1.807) is 0 Å². The standard InChI is InChI=1S/C26H52O4/c1-8-9-10-16-19-22(29-25(2,3)4)23(30-26(5,6)7)20-17-14-12-11-13-15-18-21-24(27)28/h22-23H,8-21H2,1-7H3,(H,27,28). The van der Waals surface area contributed by atoms with Crippen molar-refractivity contribution in [2.45, 2.75) is 162 Å². The summed E-state index contributed by atoms with van der Waals surface area (Å²) in [5.74, 6) is -0.679. The van der Waals surface area contributed by atoms with Crippen LogP contribution in [0.1, 0.15) is 138 Å². The molecule has 0 amide bonds. The fourth-order valence-corrected chi connectivity index (χ4v) is 3.83. The molecule has 0 aliphatic carbocycles. The van der Waals surface area contributed by atoms with Crippen molar-refractivity contribution in [3.63, 3.8) is 0 Å². The van der Waals surface area contributed by atoms with Crippen molar-refractivity contribution in [1.82, 2.24) is 0 Å². The fraction of sp³-hybridized carbons (Fsp3) is 0.962.